The average molecular weight is 355 g/mol. The van der Waals surface area contributed by atoms with Gasteiger partial charge in [0.05, 0.1) is 0 Å². The minimum atomic E-state index is -4.96. The van der Waals surface area contributed by atoms with E-state index in [1.54, 1.807) is 0 Å². The third-order valence-corrected chi connectivity index (χ3v) is 3.35. The Kier molecular flexibility index (Phi) is 7.19. The van der Waals surface area contributed by atoms with E-state index < -0.39 is 37.9 Å². The van der Waals surface area contributed by atoms with E-state index in [-0.39, 0.29) is 23.9 Å². The maximum absolute atomic E-state index is 14.0. The van der Waals surface area contributed by atoms with Crippen LogP contribution in [0.25, 0.3) is 0 Å². The SMILES string of the molecule is Nc1ccn(C2OC(C=CP(=O)([O-])[O-])C(O)C2F)c(=O)n1.[NH4+].[NH4+]. The zero-order valence-corrected chi connectivity index (χ0v) is 13.3. The number of anilines is 1. The van der Waals surface area contributed by atoms with Crippen LogP contribution in [0.4, 0.5) is 10.2 Å². The Bertz CT molecular complexity index is 663. The van der Waals surface area contributed by atoms with Crippen LogP contribution < -0.4 is 33.5 Å². The minimum Gasteiger partial charge on any atom is -0.808 e. The monoisotopic (exact) mass is 355 g/mol. The zero-order valence-electron chi connectivity index (χ0n) is 12.4. The molecule has 1 fully saturated rings. The van der Waals surface area contributed by atoms with Crippen LogP contribution in [0.5, 0.6) is 0 Å². The fourth-order valence-corrected chi connectivity index (χ4v) is 2.23. The van der Waals surface area contributed by atoms with E-state index in [1.807, 2.05) is 0 Å². The van der Waals surface area contributed by atoms with Gasteiger partial charge >= 0.3 is 5.69 Å². The van der Waals surface area contributed by atoms with Crippen molar-refractivity contribution in [3.63, 3.8) is 0 Å². The summed E-state index contributed by atoms with van der Waals surface area (Å²) < 4.78 is 30.3. The maximum Gasteiger partial charge on any atom is 0.351 e. The molecule has 132 valence electrons. The fraction of sp³-hybridized carbons (Fsp3) is 0.400. The smallest absolute Gasteiger partial charge is 0.351 e. The first-order chi connectivity index (χ1) is 9.69. The van der Waals surface area contributed by atoms with Gasteiger partial charge in [0.1, 0.15) is 18.0 Å². The Morgan fingerprint density at radius 1 is 1.48 bits per heavy atom. The lowest BCUT2D eigenvalue weighted by Crippen LogP contribution is -2.33. The summed E-state index contributed by atoms with van der Waals surface area (Å²) in [5.74, 6) is 0.209. The molecule has 4 atom stereocenters. The van der Waals surface area contributed by atoms with Crippen molar-refractivity contribution in [2.45, 2.75) is 24.6 Å². The summed E-state index contributed by atoms with van der Waals surface area (Å²) in [6.45, 7) is 0. The molecule has 0 saturated carbocycles. The highest BCUT2D eigenvalue weighted by Crippen LogP contribution is 2.33. The van der Waals surface area contributed by atoms with Gasteiger partial charge in [0.2, 0.25) is 0 Å². The minimum absolute atomic E-state index is 0. The lowest BCUT2D eigenvalue weighted by atomic mass is 10.1. The maximum atomic E-state index is 14.0. The van der Waals surface area contributed by atoms with Crippen LogP contribution in [0.1, 0.15) is 6.23 Å². The van der Waals surface area contributed by atoms with Gasteiger partial charge in [-0.25, -0.2) is 9.18 Å². The van der Waals surface area contributed by atoms with Gasteiger partial charge in [0.15, 0.2) is 12.4 Å². The van der Waals surface area contributed by atoms with Crippen molar-refractivity contribution >= 4 is 13.4 Å². The molecule has 1 aromatic rings. The number of aromatic nitrogens is 2. The van der Waals surface area contributed by atoms with E-state index in [4.69, 9.17) is 10.5 Å². The largest absolute Gasteiger partial charge is 0.808 e. The summed E-state index contributed by atoms with van der Waals surface area (Å²) in [6.07, 6.45) is -4.78. The Labute approximate surface area is 129 Å². The molecule has 4 unspecified atom stereocenters. The molecule has 2 heterocycles. The molecule has 1 aliphatic rings. The molecular weight excluding hydrogens is 336 g/mol. The fourth-order valence-electron chi connectivity index (χ4n) is 1.85. The second-order valence-corrected chi connectivity index (χ2v) is 5.73. The molecule has 11 N–H and O–H groups in total. The lowest BCUT2D eigenvalue weighted by Gasteiger charge is -2.25. The van der Waals surface area contributed by atoms with Crippen LogP contribution in [-0.2, 0) is 9.30 Å². The van der Waals surface area contributed by atoms with Gasteiger partial charge in [-0.05, 0) is 13.7 Å². The lowest BCUT2D eigenvalue weighted by molar-refractivity contribution is -0.308. The number of hydrogen-bond donors (Lipinski definition) is 4. The molecule has 0 aromatic carbocycles. The highest BCUT2D eigenvalue weighted by Gasteiger charge is 2.44. The normalized spacial score (nSPS) is 27.5. The number of rotatable bonds is 3. The number of quaternary nitrogens is 2. The molecule has 0 spiro atoms. The molecule has 0 bridgehead atoms. The zero-order chi connectivity index (χ0) is 15.8. The van der Waals surface area contributed by atoms with Crippen molar-refractivity contribution in [3.05, 3.63) is 34.6 Å². The summed E-state index contributed by atoms with van der Waals surface area (Å²) in [4.78, 5) is 36.0. The molecule has 13 heteroatoms. The number of aliphatic hydroxyl groups excluding tert-OH is 1. The molecule has 0 amide bonds. The molecule has 1 saturated heterocycles. The second kappa shape index (κ2) is 7.75. The quantitative estimate of drug-likeness (QED) is 0.470. The number of nitrogen functional groups attached to an aromatic ring is 1. The predicted molar refractivity (Wildman–Crippen MR) is 76.4 cm³/mol. The van der Waals surface area contributed by atoms with E-state index in [0.29, 0.717) is 0 Å². The highest BCUT2D eigenvalue weighted by atomic mass is 31.2. The highest BCUT2D eigenvalue weighted by molar-refractivity contribution is 7.52. The first-order valence-corrected chi connectivity index (χ1v) is 7.33. The number of alkyl halides is 1. The van der Waals surface area contributed by atoms with Crippen LogP contribution in [0.2, 0.25) is 0 Å². The van der Waals surface area contributed by atoms with E-state index >= 15 is 0 Å². The molecule has 2 rings (SSSR count). The molecule has 11 nitrogen and oxygen atoms in total. The van der Waals surface area contributed by atoms with E-state index in [9.17, 15) is 28.6 Å². The molecule has 0 radical (unpaired) electrons. The Balaban J connectivity index is 0.00000242. The molecular formula is C10H19FN5O6P. The van der Waals surface area contributed by atoms with E-state index in [0.717, 1.165) is 16.8 Å². The average Bonchev–Trinajstić information content (AvgIpc) is 2.64. The third kappa shape index (κ3) is 4.91. The van der Waals surface area contributed by atoms with Crippen molar-refractivity contribution in [2.24, 2.45) is 0 Å². The Hall–Kier alpha value is -1.66. The van der Waals surface area contributed by atoms with Crippen molar-refractivity contribution in [1.29, 1.82) is 0 Å². The van der Waals surface area contributed by atoms with E-state index in [1.165, 1.54) is 6.07 Å². The van der Waals surface area contributed by atoms with Crippen LogP contribution in [-0.4, -0.2) is 33.0 Å². The molecule has 23 heavy (non-hydrogen) atoms. The van der Waals surface area contributed by atoms with Crippen molar-refractivity contribution in [3.8, 4) is 0 Å². The summed E-state index contributed by atoms with van der Waals surface area (Å²) in [5.41, 5.74) is 4.40. The van der Waals surface area contributed by atoms with Gasteiger partial charge in [-0.3, -0.25) is 4.57 Å². The summed E-state index contributed by atoms with van der Waals surface area (Å²) in [5, 5.41) is 9.63. The van der Waals surface area contributed by atoms with Gasteiger partial charge < -0.3 is 42.2 Å². The summed E-state index contributed by atoms with van der Waals surface area (Å²) in [7, 11) is -4.96. The number of nitrogens with zero attached hydrogens (tertiary/aromatic N) is 2. The van der Waals surface area contributed by atoms with Gasteiger partial charge in [-0.15, -0.1) is 0 Å². The van der Waals surface area contributed by atoms with Crippen LogP contribution in [0, 0.1) is 0 Å². The van der Waals surface area contributed by atoms with Gasteiger partial charge in [-0.2, -0.15) is 4.98 Å². The van der Waals surface area contributed by atoms with Crippen LogP contribution in [0.15, 0.2) is 29.0 Å². The third-order valence-electron chi connectivity index (χ3n) is 2.82. The summed E-state index contributed by atoms with van der Waals surface area (Å²) >= 11 is 0. The number of halogens is 1. The Morgan fingerprint density at radius 3 is 2.61 bits per heavy atom. The van der Waals surface area contributed by atoms with Crippen LogP contribution >= 0.6 is 7.60 Å². The molecule has 0 aliphatic carbocycles. The number of nitrogens with two attached hydrogens (primary N) is 1. The number of ether oxygens (including phenoxy) is 1. The molecule has 1 aliphatic heterocycles. The topological polar surface area (TPSA) is 227 Å². The van der Waals surface area contributed by atoms with Crippen molar-refractivity contribution in [1.82, 2.24) is 21.9 Å². The summed E-state index contributed by atoms with van der Waals surface area (Å²) in [6, 6.07) is 1.23. The van der Waals surface area contributed by atoms with Gasteiger partial charge in [0, 0.05) is 6.20 Å². The Morgan fingerprint density at radius 2 is 2.09 bits per heavy atom. The number of hydrogen-bond acceptors (Lipinski definition) is 8. The van der Waals surface area contributed by atoms with Crippen molar-refractivity contribution in [2.75, 3.05) is 5.73 Å². The van der Waals surface area contributed by atoms with E-state index in [2.05, 4.69) is 4.98 Å². The molecule has 1 aromatic heterocycles. The second-order valence-electron chi connectivity index (χ2n) is 4.35. The standard InChI is InChI=1S/C10H13FN3O6P.2H3N/c11-7-8(15)5(2-4-21(17,18)19)20-9(7)14-3-1-6(12)13-10(14)16;;/h1-5,7-9,15H,(H2,12,13,16)(H2,17,18,19);2*1H3. The first-order valence-electron chi connectivity index (χ1n) is 5.72. The predicted octanol–water partition coefficient (Wildman–Crippen LogP) is -1.40. The van der Waals surface area contributed by atoms with Crippen LogP contribution in [0.3, 0.4) is 0 Å². The van der Waals surface area contributed by atoms with Gasteiger partial charge in [0.25, 0.3) is 0 Å². The van der Waals surface area contributed by atoms with Gasteiger partial charge in [-0.1, -0.05) is 11.9 Å². The number of aliphatic hydroxyl groups is 1. The first kappa shape index (κ1) is 21.3. The van der Waals surface area contributed by atoms with Crippen molar-refractivity contribution < 1.29 is 28.6 Å².